The first-order chi connectivity index (χ1) is 14.1. The topological polar surface area (TPSA) is 89.7 Å². The maximum absolute atomic E-state index is 12.4. The third-order valence-electron chi connectivity index (χ3n) is 4.36. The first-order valence-electron chi connectivity index (χ1n) is 9.25. The molecule has 0 aliphatic rings. The van der Waals surface area contributed by atoms with Crippen molar-refractivity contribution < 1.29 is 18.8 Å². The number of carbonyl (C=O) groups excluding carboxylic acids is 1. The number of aromatic nitrogens is 2. The quantitative estimate of drug-likeness (QED) is 0.594. The number of anilines is 1. The molecule has 0 atom stereocenters. The second kappa shape index (κ2) is 9.70. The molecule has 8 heteroatoms. The second-order valence-corrected chi connectivity index (χ2v) is 6.29. The number of ether oxygens (including phenoxy) is 2. The minimum Gasteiger partial charge on any atom is -0.497 e. The van der Waals surface area contributed by atoms with Crippen LogP contribution in [0, 0.1) is 0 Å². The molecule has 0 bridgehead atoms. The van der Waals surface area contributed by atoms with Gasteiger partial charge in [0.2, 0.25) is 17.6 Å². The molecule has 1 aromatic heterocycles. The van der Waals surface area contributed by atoms with Crippen molar-refractivity contribution in [3.63, 3.8) is 0 Å². The Labute approximate surface area is 169 Å². The molecule has 0 fully saturated rings. The molecule has 0 saturated heterocycles. The smallest absolute Gasteiger partial charge is 0.241 e. The lowest BCUT2D eigenvalue weighted by Crippen LogP contribution is -2.32. The van der Waals surface area contributed by atoms with Crippen molar-refractivity contribution in [2.45, 2.75) is 13.5 Å². The Balaban J connectivity index is 1.61. The molecule has 1 heterocycles. The number of nitrogens with zero attached hydrogens (tertiary/aromatic N) is 3. The van der Waals surface area contributed by atoms with E-state index < -0.39 is 0 Å². The van der Waals surface area contributed by atoms with Gasteiger partial charge in [0.05, 0.1) is 32.9 Å². The minimum atomic E-state index is -0.124. The van der Waals surface area contributed by atoms with E-state index in [0.29, 0.717) is 36.2 Å². The van der Waals surface area contributed by atoms with Crippen molar-refractivity contribution in [2.24, 2.45) is 0 Å². The highest BCUT2D eigenvalue weighted by Crippen LogP contribution is 2.27. The summed E-state index contributed by atoms with van der Waals surface area (Å²) in [6.07, 6.45) is 0. The van der Waals surface area contributed by atoms with Gasteiger partial charge < -0.3 is 19.3 Å². The van der Waals surface area contributed by atoms with Crippen molar-refractivity contribution in [3.05, 3.63) is 54.4 Å². The normalized spacial score (nSPS) is 10.8. The number of benzene rings is 2. The summed E-state index contributed by atoms with van der Waals surface area (Å²) < 4.78 is 15.8. The van der Waals surface area contributed by atoms with Gasteiger partial charge in [-0.15, -0.1) is 0 Å². The summed E-state index contributed by atoms with van der Waals surface area (Å²) in [4.78, 5) is 18.7. The zero-order valence-electron chi connectivity index (χ0n) is 16.7. The van der Waals surface area contributed by atoms with Gasteiger partial charge in [0.15, 0.2) is 0 Å². The third-order valence-corrected chi connectivity index (χ3v) is 4.36. The monoisotopic (exact) mass is 396 g/mol. The van der Waals surface area contributed by atoms with Crippen LogP contribution in [0.1, 0.15) is 12.8 Å². The van der Waals surface area contributed by atoms with Crippen molar-refractivity contribution in [1.82, 2.24) is 15.0 Å². The molecule has 0 aliphatic carbocycles. The highest BCUT2D eigenvalue weighted by molar-refractivity contribution is 5.92. The Morgan fingerprint density at radius 1 is 1.10 bits per heavy atom. The van der Waals surface area contributed by atoms with E-state index in [9.17, 15) is 4.79 Å². The summed E-state index contributed by atoms with van der Waals surface area (Å²) in [5.41, 5.74) is 1.47. The van der Waals surface area contributed by atoms with E-state index in [-0.39, 0.29) is 12.5 Å². The summed E-state index contributed by atoms with van der Waals surface area (Å²) in [7, 11) is 3.20. The average molecular weight is 396 g/mol. The average Bonchev–Trinajstić information content (AvgIpc) is 3.22. The molecule has 29 heavy (non-hydrogen) atoms. The number of para-hydroxylation sites is 1. The Morgan fingerprint density at radius 2 is 1.86 bits per heavy atom. The minimum absolute atomic E-state index is 0.124. The fourth-order valence-corrected chi connectivity index (χ4v) is 2.81. The lowest BCUT2D eigenvalue weighted by molar-refractivity contribution is -0.117. The maximum atomic E-state index is 12.4. The van der Waals surface area contributed by atoms with Crippen LogP contribution in [-0.4, -0.2) is 48.3 Å². The molecule has 2 aromatic carbocycles. The first-order valence-corrected chi connectivity index (χ1v) is 9.25. The van der Waals surface area contributed by atoms with Gasteiger partial charge in [-0.05, 0) is 42.9 Å². The highest BCUT2D eigenvalue weighted by atomic mass is 16.5. The lowest BCUT2D eigenvalue weighted by atomic mass is 10.2. The van der Waals surface area contributed by atoms with E-state index in [2.05, 4.69) is 15.5 Å². The van der Waals surface area contributed by atoms with Crippen molar-refractivity contribution in [1.29, 1.82) is 0 Å². The van der Waals surface area contributed by atoms with E-state index in [1.807, 2.05) is 36.1 Å². The van der Waals surface area contributed by atoms with Crippen LogP contribution in [0.15, 0.2) is 53.1 Å². The number of rotatable bonds is 9. The number of carbonyl (C=O) groups is 1. The van der Waals surface area contributed by atoms with Crippen LogP contribution in [0.2, 0.25) is 0 Å². The number of hydrogen-bond acceptors (Lipinski definition) is 7. The molecule has 0 spiro atoms. The highest BCUT2D eigenvalue weighted by Gasteiger charge is 2.16. The Hall–Kier alpha value is -3.39. The Bertz CT molecular complexity index is 940. The fourth-order valence-electron chi connectivity index (χ4n) is 2.81. The molecule has 152 valence electrons. The first kappa shape index (κ1) is 20.3. The van der Waals surface area contributed by atoms with Crippen LogP contribution in [0.25, 0.3) is 11.4 Å². The number of nitrogens with one attached hydrogen (secondary N) is 1. The lowest BCUT2D eigenvalue weighted by Gasteiger charge is -2.17. The Morgan fingerprint density at radius 3 is 2.55 bits per heavy atom. The van der Waals surface area contributed by atoms with Gasteiger partial charge in [0.1, 0.15) is 11.5 Å². The van der Waals surface area contributed by atoms with Gasteiger partial charge in [-0.25, -0.2) is 0 Å². The van der Waals surface area contributed by atoms with Gasteiger partial charge >= 0.3 is 0 Å². The van der Waals surface area contributed by atoms with Crippen LogP contribution in [-0.2, 0) is 11.3 Å². The molecule has 3 rings (SSSR count). The van der Waals surface area contributed by atoms with E-state index in [0.717, 1.165) is 11.3 Å². The third kappa shape index (κ3) is 5.32. The second-order valence-electron chi connectivity index (χ2n) is 6.29. The molecular formula is C21H24N4O4. The van der Waals surface area contributed by atoms with Gasteiger partial charge in [-0.1, -0.05) is 24.2 Å². The fraction of sp³-hybridized carbons (Fsp3) is 0.286. The van der Waals surface area contributed by atoms with E-state index in [1.165, 1.54) is 0 Å². The molecule has 1 N–H and O–H groups in total. The van der Waals surface area contributed by atoms with Crippen LogP contribution >= 0.6 is 0 Å². The molecular weight excluding hydrogens is 372 g/mol. The molecule has 0 aliphatic heterocycles. The summed E-state index contributed by atoms with van der Waals surface area (Å²) in [5, 5.41) is 6.91. The molecule has 0 saturated carbocycles. The van der Waals surface area contributed by atoms with Crippen LogP contribution in [0.5, 0.6) is 11.5 Å². The number of methoxy groups -OCH3 is 2. The predicted octanol–water partition coefficient (Wildman–Crippen LogP) is 3.21. The number of amides is 1. The molecule has 0 unspecified atom stereocenters. The molecule has 3 aromatic rings. The number of likely N-dealkylation sites (N-methyl/N-ethyl adjacent to an activating group) is 1. The zero-order valence-corrected chi connectivity index (χ0v) is 16.7. The van der Waals surface area contributed by atoms with Gasteiger partial charge in [0.25, 0.3) is 0 Å². The van der Waals surface area contributed by atoms with Gasteiger partial charge in [-0.3, -0.25) is 9.69 Å². The standard InChI is InChI=1S/C21H24N4O4/c1-4-25(13-19(26)22-15-9-11-16(27-2)12-10-15)14-20-23-21(24-29-20)17-7-5-6-8-18(17)28-3/h5-12H,4,13-14H2,1-3H3,(H,22,26). The van der Waals surface area contributed by atoms with Crippen molar-refractivity contribution in [2.75, 3.05) is 32.6 Å². The molecule has 1 amide bonds. The van der Waals surface area contributed by atoms with E-state index in [4.69, 9.17) is 14.0 Å². The largest absolute Gasteiger partial charge is 0.497 e. The van der Waals surface area contributed by atoms with Crippen LogP contribution in [0.3, 0.4) is 0 Å². The maximum Gasteiger partial charge on any atom is 0.241 e. The van der Waals surface area contributed by atoms with Crippen molar-refractivity contribution >= 4 is 11.6 Å². The molecule has 8 nitrogen and oxygen atoms in total. The number of hydrogen-bond donors (Lipinski definition) is 1. The van der Waals surface area contributed by atoms with Crippen LogP contribution < -0.4 is 14.8 Å². The summed E-state index contributed by atoms with van der Waals surface area (Å²) >= 11 is 0. The zero-order chi connectivity index (χ0) is 20.6. The van der Waals surface area contributed by atoms with Crippen molar-refractivity contribution in [3.8, 4) is 22.9 Å². The summed E-state index contributed by atoms with van der Waals surface area (Å²) in [6.45, 7) is 3.20. The summed E-state index contributed by atoms with van der Waals surface area (Å²) in [6, 6.07) is 14.7. The van der Waals surface area contributed by atoms with E-state index in [1.54, 1.807) is 38.5 Å². The Kier molecular flexibility index (Phi) is 6.80. The SMILES string of the molecule is CCN(CC(=O)Nc1ccc(OC)cc1)Cc1nc(-c2ccccc2OC)no1. The molecule has 0 radical (unpaired) electrons. The van der Waals surface area contributed by atoms with Gasteiger partial charge in [0, 0.05) is 5.69 Å². The van der Waals surface area contributed by atoms with Gasteiger partial charge in [-0.2, -0.15) is 4.98 Å². The summed E-state index contributed by atoms with van der Waals surface area (Å²) in [5.74, 6) is 2.18. The predicted molar refractivity (Wildman–Crippen MR) is 109 cm³/mol. The van der Waals surface area contributed by atoms with E-state index >= 15 is 0 Å². The van der Waals surface area contributed by atoms with Crippen LogP contribution in [0.4, 0.5) is 5.69 Å².